The van der Waals surface area contributed by atoms with Crippen LogP contribution < -0.4 is 0 Å². The van der Waals surface area contributed by atoms with E-state index in [2.05, 4.69) is 12.6 Å². The van der Waals surface area contributed by atoms with E-state index >= 15 is 0 Å². The fraction of sp³-hybridized carbons (Fsp3) is 1.00. The molecule has 4 atom stereocenters. The van der Waals surface area contributed by atoms with Crippen molar-refractivity contribution in [3.05, 3.63) is 0 Å². The Hall–Kier alpha value is 0.150. The van der Waals surface area contributed by atoms with Gasteiger partial charge in [0.15, 0.2) is 6.29 Å². The summed E-state index contributed by atoms with van der Waals surface area (Å²) in [5.74, 6) is 0.688. The molecule has 1 saturated heterocycles. The molecule has 1 heterocycles. The van der Waals surface area contributed by atoms with E-state index in [9.17, 15) is 10.2 Å². The van der Waals surface area contributed by atoms with Gasteiger partial charge in [-0.05, 0) is 12.2 Å². The number of rotatable bonds is 4. The summed E-state index contributed by atoms with van der Waals surface area (Å²) >= 11 is 4.00. The van der Waals surface area contributed by atoms with E-state index in [1.165, 1.54) is 0 Å². The summed E-state index contributed by atoms with van der Waals surface area (Å²) in [4.78, 5) is 0. The van der Waals surface area contributed by atoms with Crippen LogP contribution in [-0.2, 0) is 9.47 Å². The maximum Gasteiger partial charge on any atom is 0.186 e. The van der Waals surface area contributed by atoms with Crippen molar-refractivity contribution >= 4 is 12.6 Å². The molecule has 6 heteroatoms. The third kappa shape index (κ3) is 3.08. The number of hydrogen-bond donors (Lipinski definition) is 4. The van der Waals surface area contributed by atoms with E-state index in [1.807, 2.05) is 0 Å². The smallest absolute Gasteiger partial charge is 0.186 e. The minimum Gasteiger partial charge on any atom is -0.388 e. The molecule has 84 valence electrons. The zero-order valence-electron chi connectivity index (χ0n) is 7.74. The molecule has 14 heavy (non-hydrogen) atoms. The summed E-state index contributed by atoms with van der Waals surface area (Å²) < 4.78 is 10.2. The van der Waals surface area contributed by atoms with Crippen LogP contribution in [-0.4, -0.2) is 58.9 Å². The van der Waals surface area contributed by atoms with Crippen molar-refractivity contribution in [1.82, 2.24) is 0 Å². The Balaban J connectivity index is 2.31. The zero-order valence-corrected chi connectivity index (χ0v) is 8.64. The van der Waals surface area contributed by atoms with Crippen LogP contribution in [0.25, 0.3) is 0 Å². The molecule has 3 N–H and O–H groups in total. The molecule has 1 rings (SSSR count). The van der Waals surface area contributed by atoms with Crippen LogP contribution in [0.2, 0.25) is 0 Å². The highest BCUT2D eigenvalue weighted by Crippen LogP contribution is 2.16. The average Bonchev–Trinajstić information content (AvgIpc) is 2.18. The molecule has 0 amide bonds. The van der Waals surface area contributed by atoms with Gasteiger partial charge >= 0.3 is 0 Å². The minimum atomic E-state index is -1.20. The lowest BCUT2D eigenvalue weighted by Crippen LogP contribution is -2.53. The molecule has 0 radical (unpaired) electrons. The van der Waals surface area contributed by atoms with Crippen LogP contribution in [0.3, 0.4) is 0 Å². The number of aliphatic hydroxyl groups is 3. The molecule has 0 aromatic heterocycles. The highest BCUT2D eigenvalue weighted by atomic mass is 32.1. The summed E-state index contributed by atoms with van der Waals surface area (Å²) in [6, 6.07) is 0. The maximum absolute atomic E-state index is 9.43. The summed E-state index contributed by atoms with van der Waals surface area (Å²) in [5, 5.41) is 27.9. The summed E-state index contributed by atoms with van der Waals surface area (Å²) in [6.07, 6.45) is -3.56. The Labute approximate surface area is 88.1 Å². The van der Waals surface area contributed by atoms with E-state index < -0.39 is 24.6 Å². The third-order valence-corrected chi connectivity index (χ3v) is 2.36. The van der Waals surface area contributed by atoms with Gasteiger partial charge in [0.1, 0.15) is 18.3 Å². The Morgan fingerprint density at radius 1 is 1.29 bits per heavy atom. The molecule has 1 fully saturated rings. The predicted molar refractivity (Wildman–Crippen MR) is 52.2 cm³/mol. The third-order valence-electron chi connectivity index (χ3n) is 2.04. The largest absolute Gasteiger partial charge is 0.388 e. The van der Waals surface area contributed by atoms with Gasteiger partial charge in [0.2, 0.25) is 0 Å². The SMILES string of the molecule is OC1[C@H](O)CO[C@@H](OCCCS)[C@H]1O. The Morgan fingerprint density at radius 2 is 2.00 bits per heavy atom. The van der Waals surface area contributed by atoms with Gasteiger partial charge in [0.05, 0.1) is 13.2 Å². The van der Waals surface area contributed by atoms with Gasteiger partial charge in [-0.2, -0.15) is 12.6 Å². The number of aliphatic hydroxyl groups excluding tert-OH is 3. The van der Waals surface area contributed by atoms with E-state index in [-0.39, 0.29) is 6.61 Å². The first-order valence-electron chi connectivity index (χ1n) is 4.55. The van der Waals surface area contributed by atoms with Gasteiger partial charge in [-0.3, -0.25) is 0 Å². The number of ether oxygens (including phenoxy) is 2. The lowest BCUT2D eigenvalue weighted by Gasteiger charge is -2.34. The van der Waals surface area contributed by atoms with Crippen LogP contribution in [0, 0.1) is 0 Å². The Kier molecular flexibility index (Phi) is 5.14. The van der Waals surface area contributed by atoms with Gasteiger partial charge in [-0.15, -0.1) is 0 Å². The molecule has 0 aromatic rings. The van der Waals surface area contributed by atoms with Crippen molar-refractivity contribution in [1.29, 1.82) is 0 Å². The van der Waals surface area contributed by atoms with Crippen LogP contribution in [0.1, 0.15) is 6.42 Å². The van der Waals surface area contributed by atoms with Crippen LogP contribution in [0.15, 0.2) is 0 Å². The van der Waals surface area contributed by atoms with Gasteiger partial charge in [-0.1, -0.05) is 0 Å². The van der Waals surface area contributed by atoms with Gasteiger partial charge in [-0.25, -0.2) is 0 Å². The molecule has 5 nitrogen and oxygen atoms in total. The highest BCUT2D eigenvalue weighted by molar-refractivity contribution is 7.80. The lowest BCUT2D eigenvalue weighted by atomic mass is 10.1. The van der Waals surface area contributed by atoms with E-state index in [1.54, 1.807) is 0 Å². The topological polar surface area (TPSA) is 79.2 Å². The summed E-state index contributed by atoms with van der Waals surface area (Å²) in [5.41, 5.74) is 0. The first-order valence-corrected chi connectivity index (χ1v) is 5.18. The second kappa shape index (κ2) is 5.89. The standard InChI is InChI=1S/C8H16O5S/c9-5-4-13-8(7(11)6(5)10)12-2-1-3-14/h5-11,14H,1-4H2/t5-,6?,7+,8-/m1/s1. The predicted octanol–water partition coefficient (Wildman–Crippen LogP) is -1.24. The molecular weight excluding hydrogens is 208 g/mol. The first kappa shape index (κ1) is 12.2. The Bertz CT molecular complexity index is 168. The average molecular weight is 224 g/mol. The van der Waals surface area contributed by atoms with Crippen LogP contribution in [0.5, 0.6) is 0 Å². The van der Waals surface area contributed by atoms with E-state index in [4.69, 9.17) is 14.6 Å². The van der Waals surface area contributed by atoms with Crippen molar-refractivity contribution in [2.24, 2.45) is 0 Å². The van der Waals surface area contributed by atoms with E-state index in [0.29, 0.717) is 12.4 Å². The summed E-state index contributed by atoms with van der Waals surface area (Å²) in [7, 11) is 0. The summed E-state index contributed by atoms with van der Waals surface area (Å²) in [6.45, 7) is 0.387. The number of hydrogen-bond acceptors (Lipinski definition) is 6. The van der Waals surface area contributed by atoms with Crippen LogP contribution in [0.4, 0.5) is 0 Å². The van der Waals surface area contributed by atoms with Gasteiger partial charge in [0.25, 0.3) is 0 Å². The lowest BCUT2D eigenvalue weighted by molar-refractivity contribution is -0.269. The molecule has 0 bridgehead atoms. The molecule has 0 aromatic carbocycles. The zero-order chi connectivity index (χ0) is 10.6. The molecular formula is C8H16O5S. The van der Waals surface area contributed by atoms with Crippen molar-refractivity contribution in [3.8, 4) is 0 Å². The van der Waals surface area contributed by atoms with Gasteiger partial charge in [0, 0.05) is 0 Å². The van der Waals surface area contributed by atoms with Crippen molar-refractivity contribution in [2.45, 2.75) is 31.0 Å². The van der Waals surface area contributed by atoms with E-state index in [0.717, 1.165) is 6.42 Å². The fourth-order valence-electron chi connectivity index (χ4n) is 1.19. The van der Waals surface area contributed by atoms with Gasteiger partial charge < -0.3 is 24.8 Å². The first-order chi connectivity index (χ1) is 6.66. The van der Waals surface area contributed by atoms with Crippen molar-refractivity contribution < 1.29 is 24.8 Å². The fourth-order valence-corrected chi connectivity index (χ4v) is 1.32. The van der Waals surface area contributed by atoms with Crippen molar-refractivity contribution in [3.63, 3.8) is 0 Å². The maximum atomic E-state index is 9.43. The normalized spacial score (nSPS) is 38.6. The molecule has 1 unspecified atom stereocenters. The second-order valence-corrected chi connectivity index (χ2v) is 3.65. The van der Waals surface area contributed by atoms with Crippen molar-refractivity contribution in [2.75, 3.05) is 19.0 Å². The number of thiol groups is 1. The van der Waals surface area contributed by atoms with Crippen LogP contribution >= 0.6 is 12.6 Å². The monoisotopic (exact) mass is 224 g/mol. The molecule has 0 saturated carbocycles. The molecule has 1 aliphatic rings. The molecule has 0 spiro atoms. The Morgan fingerprint density at radius 3 is 2.64 bits per heavy atom. The minimum absolute atomic E-state index is 0.0240. The molecule has 0 aliphatic carbocycles. The molecule has 1 aliphatic heterocycles. The quantitative estimate of drug-likeness (QED) is 0.355. The highest BCUT2D eigenvalue weighted by Gasteiger charge is 2.37. The second-order valence-electron chi connectivity index (χ2n) is 3.20.